The molecule has 0 aliphatic carbocycles. The van der Waals surface area contributed by atoms with Gasteiger partial charge in [-0.2, -0.15) is 0 Å². The van der Waals surface area contributed by atoms with Gasteiger partial charge in [-0.15, -0.1) is 0 Å². The lowest BCUT2D eigenvalue weighted by Gasteiger charge is -2.00. The summed E-state index contributed by atoms with van der Waals surface area (Å²) >= 11 is 6.23. The van der Waals surface area contributed by atoms with Crippen molar-refractivity contribution < 1.29 is 14.4 Å². The van der Waals surface area contributed by atoms with Crippen LogP contribution in [0, 0.1) is 10.1 Å². The van der Waals surface area contributed by atoms with Gasteiger partial charge in [-0.05, 0) is 44.0 Å². The number of halogens is 2. The van der Waals surface area contributed by atoms with Crippen LogP contribution in [-0.2, 0) is 0 Å². The number of rotatable bonds is 3. The minimum absolute atomic E-state index is 0.206. The van der Waals surface area contributed by atoms with Crippen molar-refractivity contribution in [3.63, 3.8) is 0 Å². The third kappa shape index (κ3) is 5.11. The smallest absolute Gasteiger partial charge is 0.364 e. The first-order valence-electron chi connectivity index (χ1n) is 5.70. The highest BCUT2D eigenvalue weighted by molar-refractivity contribution is 9.10. The summed E-state index contributed by atoms with van der Waals surface area (Å²) in [6.07, 6.45) is 0. The molecule has 0 amide bonds. The number of methoxy groups -OCH3 is 2. The molecule has 2 aromatic rings. The van der Waals surface area contributed by atoms with E-state index in [9.17, 15) is 10.1 Å². The molecule has 0 fully saturated rings. The lowest BCUT2D eigenvalue weighted by atomic mass is 10.4. The number of hydrogen-bond donors (Lipinski definition) is 1. The fourth-order valence-corrected chi connectivity index (χ4v) is 2.23. The molecule has 2 heterocycles. The van der Waals surface area contributed by atoms with Gasteiger partial charge in [-0.1, -0.05) is 0 Å². The fraction of sp³-hybridized carbons (Fsp3) is 0.167. The number of nitrogens with zero attached hydrogens (tertiary/aromatic N) is 3. The van der Waals surface area contributed by atoms with Crippen molar-refractivity contribution in [3.8, 4) is 11.5 Å². The van der Waals surface area contributed by atoms with Gasteiger partial charge in [0, 0.05) is 22.0 Å². The molecule has 0 saturated carbocycles. The molecule has 0 atom stereocenters. The minimum atomic E-state index is -0.565. The monoisotopic (exact) mass is 434 g/mol. The van der Waals surface area contributed by atoms with E-state index in [1.165, 1.54) is 19.2 Å². The third-order valence-corrected chi connectivity index (χ3v) is 3.40. The van der Waals surface area contributed by atoms with Crippen LogP contribution in [0.4, 0.5) is 11.6 Å². The largest absolute Gasteiger partial charge is 0.494 e. The van der Waals surface area contributed by atoms with Crippen molar-refractivity contribution in [3.05, 3.63) is 43.6 Å². The Morgan fingerprint density at radius 3 is 1.95 bits per heavy atom. The molecule has 0 bridgehead atoms. The van der Waals surface area contributed by atoms with Gasteiger partial charge < -0.3 is 25.3 Å². The second-order valence-corrected chi connectivity index (χ2v) is 5.15. The van der Waals surface area contributed by atoms with E-state index in [1.807, 2.05) is 0 Å². The molecule has 118 valence electrons. The lowest BCUT2D eigenvalue weighted by molar-refractivity contribution is -0.389. The molecule has 0 spiro atoms. The number of nitrogen functional groups attached to an aromatic ring is 1. The van der Waals surface area contributed by atoms with Crippen LogP contribution in [-0.4, -0.2) is 29.1 Å². The highest BCUT2D eigenvalue weighted by Crippen LogP contribution is 2.24. The third-order valence-electron chi connectivity index (χ3n) is 2.26. The second-order valence-electron chi connectivity index (χ2n) is 3.65. The number of aromatic nitrogens is 2. The average molecular weight is 436 g/mol. The molecular weight excluding hydrogens is 424 g/mol. The highest BCUT2D eigenvalue weighted by atomic mass is 79.9. The Kier molecular flexibility index (Phi) is 6.99. The van der Waals surface area contributed by atoms with Crippen LogP contribution in [0.1, 0.15) is 0 Å². The summed E-state index contributed by atoms with van der Waals surface area (Å²) in [5.74, 6) is 1.44. The van der Waals surface area contributed by atoms with Gasteiger partial charge in [0.25, 0.3) is 4.60 Å². The van der Waals surface area contributed by atoms with E-state index in [2.05, 4.69) is 41.8 Å². The van der Waals surface area contributed by atoms with Gasteiger partial charge in [-0.3, -0.25) is 0 Å². The molecule has 2 aromatic heterocycles. The summed E-state index contributed by atoms with van der Waals surface area (Å²) in [5.41, 5.74) is 5.39. The van der Waals surface area contributed by atoms with Gasteiger partial charge >= 0.3 is 5.82 Å². The summed E-state index contributed by atoms with van der Waals surface area (Å²) in [6, 6.07) is 6.20. The first-order chi connectivity index (χ1) is 10.4. The van der Waals surface area contributed by atoms with E-state index in [4.69, 9.17) is 15.2 Å². The Morgan fingerprint density at radius 1 is 1.05 bits per heavy atom. The fourth-order valence-electron chi connectivity index (χ4n) is 1.25. The quantitative estimate of drug-likeness (QED) is 0.447. The Balaban J connectivity index is 0.000000224. The maximum absolute atomic E-state index is 10.2. The van der Waals surface area contributed by atoms with E-state index in [0.29, 0.717) is 26.5 Å². The molecule has 2 rings (SSSR count). The van der Waals surface area contributed by atoms with Gasteiger partial charge in [0.15, 0.2) is 11.5 Å². The zero-order valence-corrected chi connectivity index (χ0v) is 14.8. The Labute approximate surface area is 143 Å². The number of anilines is 1. The van der Waals surface area contributed by atoms with Crippen molar-refractivity contribution in [2.75, 3.05) is 20.0 Å². The van der Waals surface area contributed by atoms with E-state index in [0.717, 1.165) is 0 Å². The summed E-state index contributed by atoms with van der Waals surface area (Å²) in [4.78, 5) is 17.2. The normalized spacial score (nSPS) is 9.45. The van der Waals surface area contributed by atoms with E-state index >= 15 is 0 Å². The minimum Gasteiger partial charge on any atom is -0.494 e. The van der Waals surface area contributed by atoms with Crippen LogP contribution in [0.2, 0.25) is 0 Å². The van der Waals surface area contributed by atoms with E-state index < -0.39 is 4.92 Å². The Hall–Kier alpha value is -1.94. The van der Waals surface area contributed by atoms with Crippen LogP contribution < -0.4 is 15.2 Å². The van der Waals surface area contributed by atoms with Crippen molar-refractivity contribution in [2.45, 2.75) is 0 Å². The van der Waals surface area contributed by atoms with E-state index in [-0.39, 0.29) is 5.82 Å². The van der Waals surface area contributed by atoms with Crippen LogP contribution in [0.15, 0.2) is 33.5 Å². The predicted molar refractivity (Wildman–Crippen MR) is 88.0 cm³/mol. The molecule has 8 nitrogen and oxygen atoms in total. The van der Waals surface area contributed by atoms with Gasteiger partial charge in [0.05, 0.1) is 14.2 Å². The zero-order valence-electron chi connectivity index (χ0n) is 11.6. The van der Waals surface area contributed by atoms with Crippen LogP contribution >= 0.6 is 31.9 Å². The van der Waals surface area contributed by atoms with Crippen molar-refractivity contribution in [1.82, 2.24) is 9.97 Å². The molecule has 0 aliphatic heterocycles. The molecule has 22 heavy (non-hydrogen) atoms. The lowest BCUT2D eigenvalue weighted by Crippen LogP contribution is -1.93. The summed E-state index contributed by atoms with van der Waals surface area (Å²) in [5, 5.41) is 10.2. The number of ether oxygens (including phenoxy) is 2. The molecule has 0 aliphatic rings. The molecule has 0 aromatic carbocycles. The topological polar surface area (TPSA) is 113 Å². The van der Waals surface area contributed by atoms with Gasteiger partial charge in [0.1, 0.15) is 10.4 Å². The molecule has 2 N–H and O–H groups in total. The maximum Gasteiger partial charge on any atom is 0.364 e. The first kappa shape index (κ1) is 18.1. The Morgan fingerprint density at radius 2 is 1.55 bits per heavy atom. The van der Waals surface area contributed by atoms with E-state index in [1.54, 1.807) is 19.2 Å². The second kappa shape index (κ2) is 8.49. The maximum atomic E-state index is 10.2. The SMILES string of the molecule is COc1ccc(N)nc1Br.COc1ccc([N+](=O)[O-])nc1Br. The predicted octanol–water partition coefficient (Wildman–Crippen LogP) is 3.20. The first-order valence-corrected chi connectivity index (χ1v) is 7.28. The molecule has 0 radical (unpaired) electrons. The van der Waals surface area contributed by atoms with Crippen molar-refractivity contribution in [2.24, 2.45) is 0 Å². The standard InChI is InChI=1S/C6H5BrN2O3.C6H7BrN2O/c1-12-4-2-3-5(9(10)11)8-6(4)7;1-10-4-2-3-5(8)9-6(4)7/h2-3H,1H3;2-3H,1H3,(H2,8,9). The number of nitrogens with two attached hydrogens (primary N) is 1. The molecule has 0 saturated heterocycles. The molecular formula is C12H12Br2N4O4. The van der Waals surface area contributed by atoms with Crippen LogP contribution in [0.5, 0.6) is 11.5 Å². The number of hydrogen-bond acceptors (Lipinski definition) is 7. The van der Waals surface area contributed by atoms with Crippen molar-refractivity contribution >= 4 is 43.5 Å². The number of nitro groups is 1. The number of pyridine rings is 2. The van der Waals surface area contributed by atoms with Crippen molar-refractivity contribution in [1.29, 1.82) is 0 Å². The van der Waals surface area contributed by atoms with Crippen LogP contribution in [0.3, 0.4) is 0 Å². The average Bonchev–Trinajstić information content (AvgIpc) is 2.48. The molecule has 10 heteroatoms. The Bertz CT molecular complexity index is 670. The summed E-state index contributed by atoms with van der Waals surface area (Å²) in [7, 11) is 3.05. The summed E-state index contributed by atoms with van der Waals surface area (Å²) < 4.78 is 10.7. The van der Waals surface area contributed by atoms with Crippen LogP contribution in [0.25, 0.3) is 0 Å². The van der Waals surface area contributed by atoms with Gasteiger partial charge in [-0.25, -0.2) is 4.98 Å². The molecule has 0 unspecified atom stereocenters. The zero-order chi connectivity index (χ0) is 16.7. The van der Waals surface area contributed by atoms with Gasteiger partial charge in [0.2, 0.25) is 0 Å². The highest BCUT2D eigenvalue weighted by Gasteiger charge is 2.12. The summed E-state index contributed by atoms with van der Waals surface area (Å²) in [6.45, 7) is 0.